The van der Waals surface area contributed by atoms with Gasteiger partial charge in [0, 0.05) is 0 Å². The Morgan fingerprint density at radius 2 is 2.10 bits per heavy atom. The molecule has 2 rings (SSSR count). The summed E-state index contributed by atoms with van der Waals surface area (Å²) in [5.41, 5.74) is 2.04. The standard InChI is InChI=1S/C16H23NO3/c1-12-4-5-14(10-13(12)2)20-9-6-15(19)17-16(11-18)7-3-8-16/h4-5,10,18H,3,6-9,11H2,1-2H3,(H,17,19). The number of ether oxygens (including phenoxy) is 1. The molecule has 0 spiro atoms. The summed E-state index contributed by atoms with van der Waals surface area (Å²) in [6.07, 6.45) is 3.12. The van der Waals surface area contributed by atoms with Crippen LogP contribution >= 0.6 is 0 Å². The molecule has 20 heavy (non-hydrogen) atoms. The molecule has 0 radical (unpaired) electrons. The van der Waals surface area contributed by atoms with Crippen molar-refractivity contribution in [2.24, 2.45) is 0 Å². The van der Waals surface area contributed by atoms with Gasteiger partial charge in [-0.05, 0) is 56.4 Å². The van der Waals surface area contributed by atoms with Gasteiger partial charge < -0.3 is 15.2 Å². The summed E-state index contributed by atoms with van der Waals surface area (Å²) in [6.45, 7) is 4.47. The molecule has 0 aromatic heterocycles. The van der Waals surface area contributed by atoms with Crippen molar-refractivity contribution in [1.29, 1.82) is 0 Å². The van der Waals surface area contributed by atoms with Crippen molar-refractivity contribution in [1.82, 2.24) is 5.32 Å². The Hall–Kier alpha value is -1.55. The molecule has 0 heterocycles. The number of aliphatic hydroxyl groups is 1. The van der Waals surface area contributed by atoms with Gasteiger partial charge in [-0.3, -0.25) is 4.79 Å². The smallest absolute Gasteiger partial charge is 0.223 e. The topological polar surface area (TPSA) is 58.6 Å². The molecule has 2 N–H and O–H groups in total. The first-order chi connectivity index (χ1) is 9.54. The third-order valence-electron chi connectivity index (χ3n) is 4.09. The number of carbonyl (C=O) groups is 1. The van der Waals surface area contributed by atoms with Crippen LogP contribution in [0.25, 0.3) is 0 Å². The van der Waals surface area contributed by atoms with Crippen molar-refractivity contribution in [3.05, 3.63) is 29.3 Å². The van der Waals surface area contributed by atoms with Crippen LogP contribution in [0.5, 0.6) is 5.75 Å². The van der Waals surface area contributed by atoms with Crippen LogP contribution in [0.3, 0.4) is 0 Å². The number of aliphatic hydroxyl groups excluding tert-OH is 1. The highest BCUT2D eigenvalue weighted by Crippen LogP contribution is 2.31. The Bertz CT molecular complexity index is 475. The van der Waals surface area contributed by atoms with E-state index in [-0.39, 0.29) is 18.1 Å². The molecule has 1 fully saturated rings. The Morgan fingerprint density at radius 1 is 1.35 bits per heavy atom. The zero-order valence-corrected chi connectivity index (χ0v) is 12.2. The lowest BCUT2D eigenvalue weighted by Gasteiger charge is -2.40. The van der Waals surface area contributed by atoms with E-state index in [1.54, 1.807) is 0 Å². The maximum Gasteiger partial charge on any atom is 0.223 e. The number of rotatable bonds is 6. The second-order valence-corrected chi connectivity index (χ2v) is 5.68. The van der Waals surface area contributed by atoms with Crippen molar-refractivity contribution < 1.29 is 14.6 Å². The van der Waals surface area contributed by atoms with E-state index in [0.29, 0.717) is 13.0 Å². The second-order valence-electron chi connectivity index (χ2n) is 5.68. The van der Waals surface area contributed by atoms with Gasteiger partial charge in [0.2, 0.25) is 5.91 Å². The number of nitrogens with one attached hydrogen (secondary N) is 1. The first kappa shape index (κ1) is 14.9. The molecule has 0 unspecified atom stereocenters. The third-order valence-corrected chi connectivity index (χ3v) is 4.09. The monoisotopic (exact) mass is 277 g/mol. The van der Waals surface area contributed by atoms with Crippen LogP contribution in [-0.2, 0) is 4.79 Å². The van der Waals surface area contributed by atoms with Gasteiger partial charge in [-0.25, -0.2) is 0 Å². The molecule has 0 aliphatic heterocycles. The lowest BCUT2D eigenvalue weighted by atomic mass is 9.77. The maximum atomic E-state index is 11.8. The Balaban J connectivity index is 1.75. The quantitative estimate of drug-likeness (QED) is 0.837. The van der Waals surface area contributed by atoms with Crippen LogP contribution in [0.4, 0.5) is 0 Å². The summed E-state index contributed by atoms with van der Waals surface area (Å²) in [6, 6.07) is 5.91. The lowest BCUT2D eigenvalue weighted by Crippen LogP contribution is -2.56. The highest BCUT2D eigenvalue weighted by Gasteiger charge is 2.37. The van der Waals surface area contributed by atoms with Gasteiger partial charge in [-0.1, -0.05) is 6.07 Å². The molecule has 1 aliphatic carbocycles. The van der Waals surface area contributed by atoms with Crippen molar-refractivity contribution >= 4 is 5.91 Å². The molecule has 1 amide bonds. The predicted octanol–water partition coefficient (Wildman–Crippen LogP) is 2.10. The summed E-state index contributed by atoms with van der Waals surface area (Å²) in [4.78, 5) is 11.8. The summed E-state index contributed by atoms with van der Waals surface area (Å²) in [7, 11) is 0. The number of hydrogen-bond donors (Lipinski definition) is 2. The zero-order valence-electron chi connectivity index (χ0n) is 12.2. The van der Waals surface area contributed by atoms with Gasteiger partial charge in [0.1, 0.15) is 5.75 Å². The van der Waals surface area contributed by atoms with Crippen LogP contribution in [0, 0.1) is 13.8 Å². The van der Waals surface area contributed by atoms with Crippen molar-refractivity contribution in [2.45, 2.75) is 45.1 Å². The van der Waals surface area contributed by atoms with Gasteiger partial charge in [0.25, 0.3) is 0 Å². The minimum absolute atomic E-state index is 0.0246. The highest BCUT2D eigenvalue weighted by molar-refractivity contribution is 5.77. The van der Waals surface area contributed by atoms with E-state index < -0.39 is 0 Å². The minimum Gasteiger partial charge on any atom is -0.493 e. The number of aryl methyl sites for hydroxylation is 2. The molecule has 1 aromatic rings. The number of benzene rings is 1. The van der Waals surface area contributed by atoms with Crippen LogP contribution in [0.15, 0.2) is 18.2 Å². The average Bonchev–Trinajstić information content (AvgIpc) is 2.38. The maximum absolute atomic E-state index is 11.8. The van der Waals surface area contributed by atoms with Crippen LogP contribution in [-0.4, -0.2) is 29.8 Å². The second kappa shape index (κ2) is 6.27. The Kier molecular flexibility index (Phi) is 4.65. The van der Waals surface area contributed by atoms with Crippen LogP contribution in [0.1, 0.15) is 36.8 Å². The average molecular weight is 277 g/mol. The van der Waals surface area contributed by atoms with Crippen LogP contribution in [0.2, 0.25) is 0 Å². The van der Waals surface area contributed by atoms with Crippen LogP contribution < -0.4 is 10.1 Å². The SMILES string of the molecule is Cc1ccc(OCCC(=O)NC2(CO)CCC2)cc1C. The lowest BCUT2D eigenvalue weighted by molar-refractivity contribution is -0.125. The summed E-state index contributed by atoms with van der Waals surface area (Å²) in [5.74, 6) is 0.740. The van der Waals surface area contributed by atoms with Gasteiger partial charge in [0.05, 0.1) is 25.2 Å². The normalized spacial score (nSPS) is 16.4. The fourth-order valence-corrected chi connectivity index (χ4v) is 2.35. The van der Waals surface area contributed by atoms with Gasteiger partial charge in [0.15, 0.2) is 0 Å². The first-order valence-electron chi connectivity index (χ1n) is 7.17. The van der Waals surface area contributed by atoms with Crippen molar-refractivity contribution in [2.75, 3.05) is 13.2 Å². The van der Waals surface area contributed by atoms with Gasteiger partial charge in [-0.2, -0.15) is 0 Å². The fourth-order valence-electron chi connectivity index (χ4n) is 2.35. The largest absolute Gasteiger partial charge is 0.493 e. The minimum atomic E-state index is -0.364. The van der Waals surface area contributed by atoms with E-state index in [0.717, 1.165) is 25.0 Å². The molecule has 0 saturated heterocycles. The molecule has 1 saturated carbocycles. The van der Waals surface area contributed by atoms with Crippen molar-refractivity contribution in [3.8, 4) is 5.75 Å². The van der Waals surface area contributed by atoms with E-state index in [2.05, 4.69) is 12.2 Å². The Morgan fingerprint density at radius 3 is 2.65 bits per heavy atom. The zero-order chi connectivity index (χ0) is 14.6. The van der Waals surface area contributed by atoms with E-state index in [4.69, 9.17) is 4.74 Å². The third kappa shape index (κ3) is 3.51. The molecule has 4 heteroatoms. The number of carbonyl (C=O) groups excluding carboxylic acids is 1. The highest BCUT2D eigenvalue weighted by atomic mass is 16.5. The molecule has 110 valence electrons. The van der Waals surface area contributed by atoms with Gasteiger partial charge in [-0.15, -0.1) is 0 Å². The van der Waals surface area contributed by atoms with E-state index in [1.807, 2.05) is 25.1 Å². The first-order valence-corrected chi connectivity index (χ1v) is 7.17. The summed E-state index contributed by atoms with van der Waals surface area (Å²) >= 11 is 0. The molecule has 0 atom stereocenters. The summed E-state index contributed by atoms with van der Waals surface area (Å²) < 4.78 is 5.59. The Labute approximate surface area is 120 Å². The van der Waals surface area contributed by atoms with E-state index >= 15 is 0 Å². The number of amides is 1. The molecular weight excluding hydrogens is 254 g/mol. The number of hydrogen-bond acceptors (Lipinski definition) is 3. The fraction of sp³-hybridized carbons (Fsp3) is 0.562. The molecule has 1 aliphatic rings. The summed E-state index contributed by atoms with van der Waals surface area (Å²) in [5, 5.41) is 12.2. The van der Waals surface area contributed by atoms with E-state index in [9.17, 15) is 9.90 Å². The molecule has 0 bridgehead atoms. The van der Waals surface area contributed by atoms with Crippen molar-refractivity contribution in [3.63, 3.8) is 0 Å². The molecule has 1 aromatic carbocycles. The molecular formula is C16H23NO3. The van der Waals surface area contributed by atoms with Gasteiger partial charge >= 0.3 is 0 Å². The molecule has 4 nitrogen and oxygen atoms in total. The van der Waals surface area contributed by atoms with E-state index in [1.165, 1.54) is 11.1 Å². The predicted molar refractivity (Wildman–Crippen MR) is 77.8 cm³/mol.